The highest BCUT2D eigenvalue weighted by atomic mass is 32.1. The van der Waals surface area contributed by atoms with E-state index in [2.05, 4.69) is 76.8 Å². The molecule has 16 heteroatoms. The summed E-state index contributed by atoms with van der Waals surface area (Å²) in [6.07, 6.45) is 3.14. The predicted octanol–water partition coefficient (Wildman–Crippen LogP) is 9.34. The van der Waals surface area contributed by atoms with Gasteiger partial charge in [-0.1, -0.05) is 12.1 Å². The first-order chi connectivity index (χ1) is 32.0. The lowest BCUT2D eigenvalue weighted by Gasteiger charge is -2.26. The summed E-state index contributed by atoms with van der Waals surface area (Å²) in [5.74, 6) is 4.26. The van der Waals surface area contributed by atoms with Gasteiger partial charge in [0.1, 0.15) is 48.9 Å². The van der Waals surface area contributed by atoms with E-state index in [1.54, 1.807) is 60.6 Å². The van der Waals surface area contributed by atoms with E-state index in [-0.39, 0.29) is 5.75 Å². The monoisotopic (exact) mass is 910 g/mol. The summed E-state index contributed by atoms with van der Waals surface area (Å²) < 4.78 is 29.9. The second-order valence-electron chi connectivity index (χ2n) is 15.3. The maximum absolute atomic E-state index is 9.71. The van der Waals surface area contributed by atoms with Crippen molar-refractivity contribution in [3.05, 3.63) is 122 Å². The van der Waals surface area contributed by atoms with Crippen LogP contribution in [-0.2, 0) is 9.47 Å². The number of benzene rings is 4. The molecular formula is C49H50N8O6S2. The minimum atomic E-state index is 0.208. The van der Waals surface area contributed by atoms with Crippen LogP contribution in [0.25, 0.3) is 41.3 Å². The Morgan fingerprint density at radius 1 is 0.569 bits per heavy atom. The number of aromatic hydroxyl groups is 1. The molecule has 0 bridgehead atoms. The number of fused-ring (bicyclic) bond motifs is 2. The fourth-order valence-electron chi connectivity index (χ4n) is 7.39. The van der Waals surface area contributed by atoms with Crippen LogP contribution in [-0.4, -0.2) is 121 Å². The molecule has 334 valence electrons. The summed E-state index contributed by atoms with van der Waals surface area (Å²) in [7, 11) is 1.66. The van der Waals surface area contributed by atoms with Crippen LogP contribution in [0.2, 0.25) is 0 Å². The number of hydrogen-bond donors (Lipinski definition) is 3. The highest BCUT2D eigenvalue weighted by Crippen LogP contribution is 2.39. The third-order valence-corrected chi connectivity index (χ3v) is 13.3. The molecule has 2 aliphatic rings. The number of methoxy groups -OCH3 is 1. The van der Waals surface area contributed by atoms with Gasteiger partial charge in [0.05, 0.1) is 54.0 Å². The normalized spacial score (nSPS) is 14.4. The number of thiophene rings is 2. The molecule has 0 spiro atoms. The van der Waals surface area contributed by atoms with Crippen LogP contribution in [0.1, 0.15) is 0 Å². The summed E-state index contributed by atoms with van der Waals surface area (Å²) in [6, 6.07) is 35.4. The van der Waals surface area contributed by atoms with E-state index in [0.29, 0.717) is 13.2 Å². The van der Waals surface area contributed by atoms with Crippen molar-refractivity contribution in [2.24, 2.45) is 0 Å². The number of phenols is 1. The fourth-order valence-corrected chi connectivity index (χ4v) is 9.52. The predicted molar refractivity (Wildman–Crippen MR) is 259 cm³/mol. The van der Waals surface area contributed by atoms with Gasteiger partial charge in [-0.2, -0.15) is 0 Å². The zero-order chi connectivity index (χ0) is 44.2. The fraction of sp³-hybridized carbons (Fsp3) is 0.265. The van der Waals surface area contributed by atoms with Gasteiger partial charge in [-0.3, -0.25) is 9.80 Å². The van der Waals surface area contributed by atoms with E-state index >= 15 is 0 Å². The average Bonchev–Trinajstić information content (AvgIpc) is 4.00. The van der Waals surface area contributed by atoms with Crippen LogP contribution in [0.15, 0.2) is 122 Å². The smallest absolute Gasteiger partial charge is 0.151 e. The number of ether oxygens (including phenoxy) is 5. The molecule has 65 heavy (non-hydrogen) atoms. The Balaban J connectivity index is 0.000000164. The number of phenolic OH excluding ortho intramolecular Hbond substituents is 1. The van der Waals surface area contributed by atoms with Gasteiger partial charge in [0.15, 0.2) is 11.6 Å². The van der Waals surface area contributed by atoms with Crippen molar-refractivity contribution in [2.75, 3.05) is 96.7 Å². The average molecular weight is 911 g/mol. The van der Waals surface area contributed by atoms with Crippen molar-refractivity contribution in [2.45, 2.75) is 0 Å². The topological polar surface area (TPSA) is 148 Å². The number of anilines is 4. The molecule has 0 saturated carbocycles. The van der Waals surface area contributed by atoms with Crippen molar-refractivity contribution in [3.63, 3.8) is 0 Å². The van der Waals surface area contributed by atoms with Crippen molar-refractivity contribution >= 4 is 66.1 Å². The molecule has 10 rings (SSSR count). The van der Waals surface area contributed by atoms with E-state index in [1.165, 1.54) is 0 Å². The maximum atomic E-state index is 9.71. The Bertz CT molecular complexity index is 2780. The molecule has 0 radical (unpaired) electrons. The van der Waals surface area contributed by atoms with E-state index in [9.17, 15) is 5.11 Å². The molecule has 2 aliphatic heterocycles. The second kappa shape index (κ2) is 21.5. The van der Waals surface area contributed by atoms with Gasteiger partial charge in [-0.15, -0.1) is 22.7 Å². The molecule has 0 atom stereocenters. The molecule has 2 fully saturated rings. The second-order valence-corrected chi connectivity index (χ2v) is 17.4. The summed E-state index contributed by atoms with van der Waals surface area (Å²) in [5.41, 5.74) is 5.74. The zero-order valence-electron chi connectivity index (χ0n) is 36.0. The lowest BCUT2D eigenvalue weighted by molar-refractivity contribution is 0.0321. The number of rotatable bonds is 15. The van der Waals surface area contributed by atoms with Gasteiger partial charge in [0.25, 0.3) is 0 Å². The lowest BCUT2D eigenvalue weighted by atomic mass is 10.2. The van der Waals surface area contributed by atoms with Gasteiger partial charge in [0.2, 0.25) is 0 Å². The molecular weight excluding hydrogens is 861 g/mol. The number of nitrogens with zero attached hydrogens (tertiary/aromatic N) is 6. The Kier molecular flexibility index (Phi) is 14.5. The third-order valence-electron chi connectivity index (χ3n) is 10.9. The molecule has 0 unspecified atom stereocenters. The first-order valence-corrected chi connectivity index (χ1v) is 23.2. The molecule has 4 aromatic heterocycles. The SMILES string of the molecule is COc1cccc(Nc2ncnc3cc(-c4ccc(OCCN5CCOCC5)cc4)sc23)c1.Oc1cccc(Nc2ncnc3cc(-c4ccc(OCCN5CCOCC5)cc4)sc23)c1. The quantitative estimate of drug-likeness (QED) is 0.0897. The Hall–Kier alpha value is -6.40. The number of nitrogens with one attached hydrogen (secondary N) is 2. The maximum Gasteiger partial charge on any atom is 0.151 e. The molecule has 3 N–H and O–H groups in total. The standard InChI is InChI=1S/C25H26N4O3S.C24H24N4O3S/c1-30-21-4-2-3-19(15-21)28-25-24-22(26-17-27-25)16-23(33-24)18-5-7-20(8-6-18)32-14-11-29-9-12-31-13-10-29;29-19-3-1-2-18(14-19)27-24-23-21(25-16-26-24)15-22(32-23)17-4-6-20(7-5-17)31-13-10-28-8-11-30-12-9-28/h2-8,15-17H,9-14H2,1H3,(H,26,27,28);1-7,14-16,29H,8-13H2,(H,25,26,27). The number of morpholine rings is 2. The largest absolute Gasteiger partial charge is 0.508 e. The Morgan fingerprint density at radius 2 is 1.05 bits per heavy atom. The Morgan fingerprint density at radius 3 is 1.52 bits per heavy atom. The zero-order valence-corrected chi connectivity index (χ0v) is 37.7. The minimum Gasteiger partial charge on any atom is -0.508 e. The molecule has 2 saturated heterocycles. The van der Waals surface area contributed by atoms with Gasteiger partial charge < -0.3 is 39.4 Å². The van der Waals surface area contributed by atoms with Crippen molar-refractivity contribution in [3.8, 4) is 43.9 Å². The van der Waals surface area contributed by atoms with Crippen molar-refractivity contribution in [1.29, 1.82) is 0 Å². The van der Waals surface area contributed by atoms with Gasteiger partial charge in [0, 0.05) is 72.5 Å². The van der Waals surface area contributed by atoms with Crippen LogP contribution < -0.4 is 24.8 Å². The van der Waals surface area contributed by atoms with Gasteiger partial charge in [-0.05, 0) is 96.1 Å². The van der Waals surface area contributed by atoms with Crippen molar-refractivity contribution in [1.82, 2.24) is 29.7 Å². The lowest BCUT2D eigenvalue weighted by Crippen LogP contribution is -2.38. The van der Waals surface area contributed by atoms with E-state index in [1.807, 2.05) is 54.6 Å². The molecule has 6 heterocycles. The Labute approximate surface area is 385 Å². The molecule has 0 amide bonds. The first-order valence-electron chi connectivity index (χ1n) is 21.6. The highest BCUT2D eigenvalue weighted by molar-refractivity contribution is 7.23. The summed E-state index contributed by atoms with van der Waals surface area (Å²) in [5, 5.41) is 16.4. The minimum absolute atomic E-state index is 0.208. The van der Waals surface area contributed by atoms with Crippen molar-refractivity contribution < 1.29 is 28.8 Å². The highest BCUT2D eigenvalue weighted by Gasteiger charge is 2.15. The van der Waals surface area contributed by atoms with Gasteiger partial charge in [-0.25, -0.2) is 19.9 Å². The summed E-state index contributed by atoms with van der Waals surface area (Å²) in [4.78, 5) is 24.7. The van der Waals surface area contributed by atoms with E-state index < -0.39 is 0 Å². The molecule has 4 aromatic carbocycles. The molecule has 14 nitrogen and oxygen atoms in total. The van der Waals surface area contributed by atoms with E-state index in [4.69, 9.17) is 23.7 Å². The molecule has 8 aromatic rings. The molecule has 0 aliphatic carbocycles. The van der Waals surface area contributed by atoms with Crippen LogP contribution in [0.3, 0.4) is 0 Å². The summed E-state index contributed by atoms with van der Waals surface area (Å²) in [6.45, 7) is 10.3. The first kappa shape index (κ1) is 43.8. The van der Waals surface area contributed by atoms with Crippen LogP contribution >= 0.6 is 22.7 Å². The van der Waals surface area contributed by atoms with E-state index in [0.717, 1.165) is 147 Å². The third kappa shape index (κ3) is 11.7. The number of hydrogen-bond acceptors (Lipinski definition) is 16. The number of aromatic nitrogens is 4. The van der Waals surface area contributed by atoms with Crippen LogP contribution in [0.5, 0.6) is 23.0 Å². The van der Waals surface area contributed by atoms with Crippen LogP contribution in [0, 0.1) is 0 Å². The van der Waals surface area contributed by atoms with Crippen LogP contribution in [0.4, 0.5) is 23.0 Å². The van der Waals surface area contributed by atoms with Gasteiger partial charge >= 0.3 is 0 Å². The summed E-state index contributed by atoms with van der Waals surface area (Å²) >= 11 is 3.30.